The van der Waals surface area contributed by atoms with Crippen molar-refractivity contribution in [3.05, 3.63) is 75.8 Å². The molecule has 0 spiro atoms. The molecule has 5 rings (SSSR count). The average molecular weight is 534 g/mol. The maximum absolute atomic E-state index is 6.57. The molecule has 0 aromatic heterocycles. The van der Waals surface area contributed by atoms with Gasteiger partial charge in [0.2, 0.25) is 0 Å². The Kier molecular flexibility index (Phi) is 7.93. The summed E-state index contributed by atoms with van der Waals surface area (Å²) in [6.45, 7) is 14.5. The molecule has 0 bridgehead atoms. The van der Waals surface area contributed by atoms with Crippen LogP contribution >= 0.6 is 11.6 Å². The maximum Gasteiger partial charge on any atom is 0.142 e. The number of rotatable bonds is 10. The smallest absolute Gasteiger partial charge is 0.142 e. The lowest BCUT2D eigenvalue weighted by molar-refractivity contribution is 0.0123. The van der Waals surface area contributed by atoms with E-state index in [1.54, 1.807) is 0 Å². The van der Waals surface area contributed by atoms with Crippen molar-refractivity contribution in [1.82, 2.24) is 4.90 Å². The largest absolute Gasteiger partial charge is 0.493 e. The zero-order valence-electron chi connectivity index (χ0n) is 23.4. The molecule has 0 N–H and O–H groups in total. The normalized spacial score (nSPS) is 18.1. The summed E-state index contributed by atoms with van der Waals surface area (Å²) in [5.41, 5.74) is 7.64. The summed E-state index contributed by atoms with van der Waals surface area (Å²) in [6.07, 6.45) is 4.18. The first-order valence-electron chi connectivity index (χ1n) is 14.0. The van der Waals surface area contributed by atoms with Gasteiger partial charge in [-0.2, -0.15) is 0 Å². The molecule has 3 aromatic rings. The van der Waals surface area contributed by atoms with E-state index in [4.69, 9.17) is 25.8 Å². The number of fused-ring (bicyclic) bond motifs is 1. The van der Waals surface area contributed by atoms with E-state index in [1.807, 2.05) is 26.0 Å². The second-order valence-corrected chi connectivity index (χ2v) is 11.6. The zero-order chi connectivity index (χ0) is 26.9. The Morgan fingerprint density at radius 3 is 2.50 bits per heavy atom. The fourth-order valence-electron chi connectivity index (χ4n) is 5.81. The summed E-state index contributed by atoms with van der Waals surface area (Å²) in [5.74, 6) is 2.47. The first kappa shape index (κ1) is 26.9. The lowest BCUT2D eigenvalue weighted by Gasteiger charge is -2.48. The van der Waals surface area contributed by atoms with Gasteiger partial charge in [-0.15, -0.1) is 0 Å². The predicted molar refractivity (Wildman–Crippen MR) is 156 cm³/mol. The Morgan fingerprint density at radius 1 is 0.974 bits per heavy atom. The third-order valence-corrected chi connectivity index (χ3v) is 8.56. The van der Waals surface area contributed by atoms with Crippen LogP contribution in [0.3, 0.4) is 0 Å². The lowest BCUT2D eigenvalue weighted by Crippen LogP contribution is -2.55. The van der Waals surface area contributed by atoms with Gasteiger partial charge in [0.25, 0.3) is 0 Å². The van der Waals surface area contributed by atoms with Gasteiger partial charge in [0.05, 0.1) is 18.2 Å². The van der Waals surface area contributed by atoms with Gasteiger partial charge < -0.3 is 14.2 Å². The Bertz CT molecular complexity index is 1300. The van der Waals surface area contributed by atoms with Crippen molar-refractivity contribution >= 4 is 11.6 Å². The van der Waals surface area contributed by atoms with E-state index in [0.29, 0.717) is 22.9 Å². The highest BCUT2D eigenvalue weighted by molar-refractivity contribution is 6.32. The van der Waals surface area contributed by atoms with Crippen molar-refractivity contribution in [3.63, 3.8) is 0 Å². The van der Waals surface area contributed by atoms with Gasteiger partial charge in [-0.25, -0.2) is 0 Å². The molecule has 1 fully saturated rings. The second kappa shape index (κ2) is 11.2. The van der Waals surface area contributed by atoms with E-state index in [2.05, 4.69) is 62.1 Å². The molecule has 38 heavy (non-hydrogen) atoms. The molecule has 3 aromatic carbocycles. The standard InChI is InChI=1S/C33H40ClNO3/c1-6-36-31-21-32(28(34)20-22(31)2)38-30-15-14-26-25(11-7-12-27(26)30)24-10-8-13-29(23(24)3)37-19-9-17-35-18-16-33(35,4)5/h7-8,10-13,20-21,30H,6,9,14-19H2,1-5H3/t30-/m0/s1. The Labute approximate surface area is 232 Å². The molecule has 1 aliphatic carbocycles. The van der Waals surface area contributed by atoms with Crippen LogP contribution in [0.2, 0.25) is 5.02 Å². The van der Waals surface area contributed by atoms with Crippen molar-refractivity contribution < 1.29 is 14.2 Å². The predicted octanol–water partition coefficient (Wildman–Crippen LogP) is 8.34. The number of aryl methyl sites for hydroxylation is 1. The number of halogens is 1. The van der Waals surface area contributed by atoms with Gasteiger partial charge in [-0.3, -0.25) is 4.90 Å². The Balaban J connectivity index is 1.32. The Hall–Kier alpha value is -2.69. The monoisotopic (exact) mass is 533 g/mol. The number of ether oxygens (including phenoxy) is 3. The van der Waals surface area contributed by atoms with Crippen LogP contribution in [-0.2, 0) is 6.42 Å². The SMILES string of the molecule is CCOc1cc(O[C@H]2CCc3c(-c4cccc(OCCCN5CCC5(C)C)c4C)cccc32)c(Cl)cc1C. The molecule has 5 heteroatoms. The topological polar surface area (TPSA) is 30.9 Å². The van der Waals surface area contributed by atoms with Crippen LogP contribution in [0.5, 0.6) is 17.2 Å². The summed E-state index contributed by atoms with van der Waals surface area (Å²) < 4.78 is 18.6. The van der Waals surface area contributed by atoms with Crippen LogP contribution in [0.1, 0.15) is 68.4 Å². The quantitative estimate of drug-likeness (QED) is 0.245. The number of hydrogen-bond acceptors (Lipinski definition) is 4. The van der Waals surface area contributed by atoms with E-state index in [0.717, 1.165) is 49.5 Å². The van der Waals surface area contributed by atoms with Crippen LogP contribution in [0.15, 0.2) is 48.5 Å². The first-order valence-corrected chi connectivity index (χ1v) is 14.4. The second-order valence-electron chi connectivity index (χ2n) is 11.2. The summed E-state index contributed by atoms with van der Waals surface area (Å²) in [7, 11) is 0. The highest BCUT2D eigenvalue weighted by Gasteiger charge is 2.34. The molecule has 0 amide bonds. The van der Waals surface area contributed by atoms with Gasteiger partial charge in [0.15, 0.2) is 0 Å². The van der Waals surface area contributed by atoms with Gasteiger partial charge in [-0.05, 0) is 106 Å². The summed E-state index contributed by atoms with van der Waals surface area (Å²) in [5, 5.41) is 0.619. The third kappa shape index (κ3) is 5.39. The first-order chi connectivity index (χ1) is 18.3. The van der Waals surface area contributed by atoms with Gasteiger partial charge in [0.1, 0.15) is 23.4 Å². The highest BCUT2D eigenvalue weighted by atomic mass is 35.5. The summed E-state index contributed by atoms with van der Waals surface area (Å²) in [6, 6.07) is 16.8. The fraction of sp³-hybridized carbons (Fsp3) is 0.455. The van der Waals surface area contributed by atoms with Crippen molar-refractivity contribution in [2.45, 2.75) is 71.9 Å². The minimum absolute atomic E-state index is 0.0369. The van der Waals surface area contributed by atoms with Crippen LogP contribution < -0.4 is 14.2 Å². The highest BCUT2D eigenvalue weighted by Crippen LogP contribution is 2.44. The van der Waals surface area contributed by atoms with Crippen molar-refractivity contribution in [2.24, 2.45) is 0 Å². The molecule has 1 aliphatic heterocycles. The van der Waals surface area contributed by atoms with Crippen molar-refractivity contribution in [1.29, 1.82) is 0 Å². The number of nitrogens with zero attached hydrogens (tertiary/aromatic N) is 1. The number of likely N-dealkylation sites (tertiary alicyclic amines) is 1. The van der Waals surface area contributed by atoms with Crippen LogP contribution in [0, 0.1) is 13.8 Å². The maximum atomic E-state index is 6.57. The van der Waals surface area contributed by atoms with Crippen molar-refractivity contribution in [2.75, 3.05) is 26.3 Å². The third-order valence-electron chi connectivity index (χ3n) is 8.27. The molecule has 0 radical (unpaired) electrons. The van der Waals surface area contributed by atoms with Gasteiger partial charge in [-0.1, -0.05) is 41.9 Å². The number of benzene rings is 3. The lowest BCUT2D eigenvalue weighted by atomic mass is 9.89. The minimum atomic E-state index is -0.0369. The average Bonchev–Trinajstić information content (AvgIpc) is 3.30. The molecular weight excluding hydrogens is 494 g/mol. The van der Waals surface area contributed by atoms with Gasteiger partial charge in [0, 0.05) is 24.7 Å². The molecule has 1 atom stereocenters. The molecule has 1 heterocycles. The summed E-state index contributed by atoms with van der Waals surface area (Å²) in [4.78, 5) is 2.55. The molecule has 1 saturated heterocycles. The minimum Gasteiger partial charge on any atom is -0.493 e. The number of hydrogen-bond donors (Lipinski definition) is 0. The molecule has 202 valence electrons. The van der Waals surface area contributed by atoms with E-state index in [1.165, 1.54) is 40.8 Å². The van der Waals surface area contributed by atoms with E-state index in [-0.39, 0.29) is 6.10 Å². The van der Waals surface area contributed by atoms with Gasteiger partial charge >= 0.3 is 0 Å². The molecule has 2 aliphatic rings. The molecular formula is C33H40ClNO3. The molecule has 4 nitrogen and oxygen atoms in total. The molecule has 0 saturated carbocycles. The van der Waals surface area contributed by atoms with E-state index in [9.17, 15) is 0 Å². The molecule has 0 unspecified atom stereocenters. The van der Waals surface area contributed by atoms with E-state index >= 15 is 0 Å². The zero-order valence-corrected chi connectivity index (χ0v) is 24.2. The van der Waals surface area contributed by atoms with Crippen LogP contribution in [0.25, 0.3) is 11.1 Å². The van der Waals surface area contributed by atoms with E-state index < -0.39 is 0 Å². The Morgan fingerprint density at radius 2 is 1.76 bits per heavy atom. The van der Waals surface area contributed by atoms with Crippen LogP contribution in [0.4, 0.5) is 0 Å². The summed E-state index contributed by atoms with van der Waals surface area (Å²) >= 11 is 6.57. The fourth-order valence-corrected chi connectivity index (χ4v) is 6.07. The van der Waals surface area contributed by atoms with Crippen LogP contribution in [-0.4, -0.2) is 36.7 Å². The van der Waals surface area contributed by atoms with Crippen molar-refractivity contribution in [3.8, 4) is 28.4 Å².